The minimum atomic E-state index is 0.0609. The first-order valence-electron chi connectivity index (χ1n) is 11.3. The highest BCUT2D eigenvalue weighted by atomic mass is 32.1. The quantitative estimate of drug-likeness (QED) is 0.552. The molecule has 0 saturated heterocycles. The van der Waals surface area contributed by atoms with E-state index in [-0.39, 0.29) is 5.91 Å². The average Bonchev–Trinajstić information content (AvgIpc) is 3.31. The van der Waals surface area contributed by atoms with Gasteiger partial charge in [0.05, 0.1) is 11.3 Å². The maximum Gasteiger partial charge on any atom is 0.257 e. The minimum Gasteiger partial charge on any atom is -0.372 e. The molecule has 0 spiro atoms. The molecule has 0 fully saturated rings. The van der Waals surface area contributed by atoms with Gasteiger partial charge in [0.2, 0.25) is 0 Å². The van der Waals surface area contributed by atoms with Crippen molar-refractivity contribution in [3.8, 4) is 0 Å². The maximum absolute atomic E-state index is 13.2. The van der Waals surface area contributed by atoms with Gasteiger partial charge in [0, 0.05) is 43.4 Å². The van der Waals surface area contributed by atoms with Gasteiger partial charge in [0.15, 0.2) is 0 Å². The molecule has 3 aromatic rings. The van der Waals surface area contributed by atoms with Crippen molar-refractivity contribution in [3.05, 3.63) is 81.3 Å². The molecule has 0 bridgehead atoms. The molecule has 1 amide bonds. The summed E-state index contributed by atoms with van der Waals surface area (Å²) in [5, 5.41) is 5.44. The number of fused-ring (bicyclic) bond motifs is 1. The molecule has 1 aromatic carbocycles. The summed E-state index contributed by atoms with van der Waals surface area (Å²) in [7, 11) is 4.06. The van der Waals surface area contributed by atoms with Gasteiger partial charge in [-0.15, -0.1) is 11.3 Å². The molecule has 168 valence electrons. The molecule has 0 unspecified atom stereocenters. The number of nitrogens with one attached hydrogen (secondary N) is 1. The number of aromatic nitrogens is 1. The van der Waals surface area contributed by atoms with E-state index >= 15 is 0 Å². The first-order chi connectivity index (χ1) is 15.5. The van der Waals surface area contributed by atoms with Crippen LogP contribution in [0, 0.1) is 6.92 Å². The van der Waals surface area contributed by atoms with Crippen LogP contribution in [-0.2, 0) is 13.0 Å². The lowest BCUT2D eigenvalue weighted by Crippen LogP contribution is -2.33. The largest absolute Gasteiger partial charge is 0.372 e. The van der Waals surface area contributed by atoms with Crippen LogP contribution < -0.4 is 10.2 Å². The van der Waals surface area contributed by atoms with Crippen molar-refractivity contribution in [1.82, 2.24) is 15.2 Å². The third-order valence-electron chi connectivity index (χ3n) is 6.22. The van der Waals surface area contributed by atoms with Crippen LogP contribution in [0.15, 0.2) is 54.0 Å². The van der Waals surface area contributed by atoms with Gasteiger partial charge < -0.3 is 15.1 Å². The van der Waals surface area contributed by atoms with Crippen LogP contribution in [0.4, 0.5) is 5.69 Å². The standard InChI is InChI=1S/C26H32N4OS/c1-19-15-24-23(17-28-19)26(31)30(13-12-29(24)3)18-21-8-6-20(7-9-21)16-22(10-11-27-2)25-5-4-14-32-25/h4-9,14-15,17,22,27H,10-13,16,18H2,1-3H3/t22-/m1/s1. The number of anilines is 1. The van der Waals surface area contributed by atoms with E-state index in [2.05, 4.69) is 57.0 Å². The fourth-order valence-corrected chi connectivity index (χ4v) is 5.18. The molecule has 1 aliphatic rings. The Hall–Kier alpha value is -2.70. The van der Waals surface area contributed by atoms with E-state index in [9.17, 15) is 4.79 Å². The Bertz CT molecular complexity index is 1030. The Labute approximate surface area is 195 Å². The normalized spacial score (nSPS) is 14.9. The van der Waals surface area contributed by atoms with E-state index in [0.717, 1.165) is 42.9 Å². The fourth-order valence-electron chi connectivity index (χ4n) is 4.31. The molecule has 3 heterocycles. The number of rotatable bonds is 8. The first kappa shape index (κ1) is 22.5. The molecule has 1 aliphatic heterocycles. The zero-order valence-corrected chi connectivity index (χ0v) is 20.0. The van der Waals surface area contributed by atoms with Crippen molar-refractivity contribution < 1.29 is 4.79 Å². The molecule has 0 radical (unpaired) electrons. The molecule has 5 nitrogen and oxygen atoms in total. The van der Waals surface area contributed by atoms with Crippen molar-refractivity contribution in [1.29, 1.82) is 0 Å². The van der Waals surface area contributed by atoms with Crippen LogP contribution in [0.5, 0.6) is 0 Å². The Morgan fingerprint density at radius 3 is 2.66 bits per heavy atom. The highest BCUT2D eigenvalue weighted by Crippen LogP contribution is 2.29. The number of pyridine rings is 1. The van der Waals surface area contributed by atoms with Gasteiger partial charge in [-0.25, -0.2) is 0 Å². The molecular formula is C26H32N4OS. The molecule has 1 atom stereocenters. The fraction of sp³-hybridized carbons (Fsp3) is 0.385. The summed E-state index contributed by atoms with van der Waals surface area (Å²) >= 11 is 1.84. The molecule has 0 aliphatic carbocycles. The van der Waals surface area contributed by atoms with Crippen molar-refractivity contribution in [2.45, 2.75) is 32.2 Å². The minimum absolute atomic E-state index is 0.0609. The van der Waals surface area contributed by atoms with Gasteiger partial charge >= 0.3 is 0 Å². The van der Waals surface area contributed by atoms with E-state index in [4.69, 9.17) is 0 Å². The SMILES string of the molecule is CNCC[C@H](Cc1ccc(CN2CCN(C)c3cc(C)ncc3C2=O)cc1)c1cccs1. The van der Waals surface area contributed by atoms with E-state index in [1.807, 2.05) is 43.3 Å². The average molecular weight is 449 g/mol. The summed E-state index contributed by atoms with van der Waals surface area (Å²) < 4.78 is 0. The van der Waals surface area contributed by atoms with Gasteiger partial charge in [-0.05, 0) is 67.9 Å². The Kier molecular flexibility index (Phi) is 7.22. The van der Waals surface area contributed by atoms with E-state index in [1.54, 1.807) is 6.20 Å². The summed E-state index contributed by atoms with van der Waals surface area (Å²) in [5.41, 5.74) is 5.10. The number of carbonyl (C=O) groups excluding carboxylic acids is 1. The smallest absolute Gasteiger partial charge is 0.257 e. The van der Waals surface area contributed by atoms with Crippen LogP contribution >= 0.6 is 11.3 Å². The zero-order chi connectivity index (χ0) is 22.5. The van der Waals surface area contributed by atoms with Crippen molar-refractivity contribution in [2.24, 2.45) is 0 Å². The van der Waals surface area contributed by atoms with Crippen molar-refractivity contribution in [3.63, 3.8) is 0 Å². The van der Waals surface area contributed by atoms with Crippen LogP contribution in [0.2, 0.25) is 0 Å². The lowest BCUT2D eigenvalue weighted by atomic mass is 9.94. The van der Waals surface area contributed by atoms with E-state index in [1.165, 1.54) is 10.4 Å². The van der Waals surface area contributed by atoms with Crippen LogP contribution in [-0.4, -0.2) is 49.5 Å². The molecule has 4 rings (SSSR count). The van der Waals surface area contributed by atoms with Gasteiger partial charge in [-0.1, -0.05) is 30.3 Å². The third kappa shape index (κ3) is 5.19. The van der Waals surface area contributed by atoms with Crippen molar-refractivity contribution in [2.75, 3.05) is 38.6 Å². The van der Waals surface area contributed by atoms with Crippen molar-refractivity contribution >= 4 is 22.9 Å². The molecular weight excluding hydrogens is 416 g/mol. The van der Waals surface area contributed by atoms with Crippen LogP contribution in [0.3, 0.4) is 0 Å². The second-order valence-electron chi connectivity index (χ2n) is 8.62. The number of hydrogen-bond acceptors (Lipinski definition) is 5. The molecule has 6 heteroatoms. The lowest BCUT2D eigenvalue weighted by Gasteiger charge is -2.21. The molecule has 0 saturated carbocycles. The van der Waals surface area contributed by atoms with Gasteiger partial charge in [-0.3, -0.25) is 9.78 Å². The highest BCUT2D eigenvalue weighted by Gasteiger charge is 2.25. The van der Waals surface area contributed by atoms with E-state index in [0.29, 0.717) is 24.6 Å². The number of nitrogens with zero attached hydrogens (tertiary/aromatic N) is 3. The second-order valence-corrected chi connectivity index (χ2v) is 9.60. The monoisotopic (exact) mass is 448 g/mol. The number of aryl methyl sites for hydroxylation is 1. The lowest BCUT2D eigenvalue weighted by molar-refractivity contribution is 0.0754. The third-order valence-corrected chi connectivity index (χ3v) is 7.25. The number of benzene rings is 1. The zero-order valence-electron chi connectivity index (χ0n) is 19.2. The van der Waals surface area contributed by atoms with Gasteiger partial charge in [-0.2, -0.15) is 0 Å². The Morgan fingerprint density at radius 1 is 1.16 bits per heavy atom. The summed E-state index contributed by atoms with van der Waals surface area (Å²) in [4.78, 5) is 23.1. The van der Waals surface area contributed by atoms with E-state index < -0.39 is 0 Å². The summed E-state index contributed by atoms with van der Waals surface area (Å²) in [6, 6.07) is 15.2. The maximum atomic E-state index is 13.2. The Morgan fingerprint density at radius 2 is 1.94 bits per heavy atom. The number of amides is 1. The molecule has 2 aromatic heterocycles. The topological polar surface area (TPSA) is 48.5 Å². The number of carbonyl (C=O) groups is 1. The molecule has 1 N–H and O–H groups in total. The predicted octanol–water partition coefficient (Wildman–Crippen LogP) is 4.48. The van der Waals surface area contributed by atoms with Gasteiger partial charge in [0.1, 0.15) is 0 Å². The summed E-state index contributed by atoms with van der Waals surface area (Å²) in [5.74, 6) is 0.592. The number of likely N-dealkylation sites (N-methyl/N-ethyl adjacent to an activating group) is 1. The van der Waals surface area contributed by atoms with Gasteiger partial charge in [0.25, 0.3) is 5.91 Å². The van der Waals surface area contributed by atoms with Crippen LogP contribution in [0.25, 0.3) is 0 Å². The van der Waals surface area contributed by atoms with Crippen LogP contribution in [0.1, 0.15) is 44.4 Å². The number of thiophene rings is 1. The second kappa shape index (κ2) is 10.3. The summed E-state index contributed by atoms with van der Waals surface area (Å²) in [6.07, 6.45) is 3.89. The molecule has 32 heavy (non-hydrogen) atoms. The first-order valence-corrected chi connectivity index (χ1v) is 12.2. The predicted molar refractivity (Wildman–Crippen MR) is 133 cm³/mol. The Balaban J connectivity index is 1.45. The highest BCUT2D eigenvalue weighted by molar-refractivity contribution is 7.10. The summed E-state index contributed by atoms with van der Waals surface area (Å²) in [6.45, 7) is 5.12. The number of hydrogen-bond donors (Lipinski definition) is 1.